The molecule has 0 bridgehead atoms. The van der Waals surface area contributed by atoms with Crippen molar-refractivity contribution in [2.75, 3.05) is 7.11 Å². The van der Waals surface area contributed by atoms with Crippen LogP contribution in [0.2, 0.25) is 0 Å². The maximum absolute atomic E-state index is 6.20. The van der Waals surface area contributed by atoms with Crippen molar-refractivity contribution in [1.29, 1.82) is 0 Å². The van der Waals surface area contributed by atoms with E-state index in [9.17, 15) is 0 Å². The molecule has 0 amide bonds. The zero-order chi connectivity index (χ0) is 14.9. The maximum atomic E-state index is 6.20. The number of hydrogen-bond acceptors (Lipinski definition) is 5. The molecule has 6 heteroatoms. The molecule has 21 heavy (non-hydrogen) atoms. The first-order valence-electron chi connectivity index (χ1n) is 6.83. The van der Waals surface area contributed by atoms with E-state index in [0.29, 0.717) is 12.3 Å². The first-order chi connectivity index (χ1) is 10.1. The fourth-order valence-corrected chi connectivity index (χ4v) is 2.59. The van der Waals surface area contributed by atoms with Crippen molar-refractivity contribution >= 4 is 16.7 Å². The minimum Gasteiger partial charge on any atom is -0.495 e. The van der Waals surface area contributed by atoms with Gasteiger partial charge in [-0.25, -0.2) is 4.99 Å². The molecular formula is C15H19N5O. The lowest BCUT2D eigenvalue weighted by atomic mass is 10.0. The summed E-state index contributed by atoms with van der Waals surface area (Å²) >= 11 is 0. The Morgan fingerprint density at radius 3 is 3.00 bits per heavy atom. The zero-order valence-electron chi connectivity index (χ0n) is 11.9. The van der Waals surface area contributed by atoms with Crippen molar-refractivity contribution in [1.82, 2.24) is 10.3 Å². The van der Waals surface area contributed by atoms with Gasteiger partial charge >= 0.3 is 0 Å². The third-order valence-electron chi connectivity index (χ3n) is 3.67. The van der Waals surface area contributed by atoms with E-state index in [1.165, 1.54) is 5.56 Å². The molecule has 6 nitrogen and oxygen atoms in total. The lowest BCUT2D eigenvalue weighted by Gasteiger charge is -2.28. The molecule has 1 aliphatic rings. The normalized spacial score (nSPS) is 21.1. The summed E-state index contributed by atoms with van der Waals surface area (Å²) in [5.41, 5.74) is 14.1. The number of para-hydroxylation sites is 1. The zero-order valence-corrected chi connectivity index (χ0v) is 11.9. The van der Waals surface area contributed by atoms with Crippen molar-refractivity contribution in [3.8, 4) is 5.75 Å². The van der Waals surface area contributed by atoms with E-state index in [2.05, 4.69) is 21.4 Å². The molecule has 0 radical (unpaired) electrons. The summed E-state index contributed by atoms with van der Waals surface area (Å²) in [5.74, 6) is 0.431. The molecule has 1 unspecified atom stereocenters. The second kappa shape index (κ2) is 5.14. The molecule has 1 aliphatic heterocycles. The first-order valence-corrected chi connectivity index (χ1v) is 6.83. The van der Waals surface area contributed by atoms with Crippen LogP contribution in [-0.2, 0) is 6.42 Å². The van der Waals surface area contributed by atoms with Gasteiger partial charge in [0.2, 0.25) is 0 Å². The van der Waals surface area contributed by atoms with Crippen LogP contribution in [0.4, 0.5) is 0 Å². The van der Waals surface area contributed by atoms with Crippen molar-refractivity contribution in [3.63, 3.8) is 0 Å². The summed E-state index contributed by atoms with van der Waals surface area (Å²) in [6.45, 7) is 0. The molecule has 2 heterocycles. The topological polar surface area (TPSA) is 101 Å². The Balaban J connectivity index is 1.82. The molecule has 0 aliphatic carbocycles. The second-order valence-electron chi connectivity index (χ2n) is 5.14. The summed E-state index contributed by atoms with van der Waals surface area (Å²) < 4.78 is 5.35. The molecule has 1 aromatic carbocycles. The van der Waals surface area contributed by atoms with E-state index in [-0.39, 0.29) is 0 Å². The first kappa shape index (κ1) is 13.5. The van der Waals surface area contributed by atoms with Crippen molar-refractivity contribution in [3.05, 3.63) is 42.2 Å². The summed E-state index contributed by atoms with van der Waals surface area (Å²) in [5, 5.41) is 4.19. The Labute approximate surface area is 122 Å². The van der Waals surface area contributed by atoms with Crippen LogP contribution in [0, 0.1) is 0 Å². The smallest absolute Gasteiger partial charge is 0.184 e. The van der Waals surface area contributed by atoms with Crippen molar-refractivity contribution < 1.29 is 4.74 Å². The number of nitrogens with zero attached hydrogens (tertiary/aromatic N) is 1. The van der Waals surface area contributed by atoms with Crippen LogP contribution >= 0.6 is 0 Å². The van der Waals surface area contributed by atoms with E-state index in [1.54, 1.807) is 19.4 Å². The molecule has 1 aromatic heterocycles. The number of methoxy groups -OCH3 is 1. The van der Waals surface area contributed by atoms with Gasteiger partial charge in [0.25, 0.3) is 0 Å². The highest BCUT2D eigenvalue weighted by Crippen LogP contribution is 2.28. The standard InChI is InChI=1S/C15H19N5O/c1-21-12-4-2-3-11-10(9-18-14(11)12)5-7-15(17)19-8-6-13(16)20-15/h2-4,6,8-9,18-19H,5,7,17H2,1H3,(H2,16,20). The molecule has 6 N–H and O–H groups in total. The molecule has 2 aromatic rings. The van der Waals surface area contributed by atoms with Crippen LogP contribution in [0.25, 0.3) is 10.9 Å². The number of nitrogens with two attached hydrogens (primary N) is 2. The van der Waals surface area contributed by atoms with Gasteiger partial charge in [0.15, 0.2) is 5.79 Å². The summed E-state index contributed by atoms with van der Waals surface area (Å²) in [6, 6.07) is 5.98. The van der Waals surface area contributed by atoms with Crippen molar-refractivity contribution in [2.24, 2.45) is 16.5 Å². The van der Waals surface area contributed by atoms with Gasteiger partial charge in [0.1, 0.15) is 11.6 Å². The average Bonchev–Trinajstić information content (AvgIpc) is 2.88. The lowest BCUT2D eigenvalue weighted by Crippen LogP contribution is -2.52. The number of amidine groups is 1. The van der Waals surface area contributed by atoms with E-state index in [4.69, 9.17) is 16.2 Å². The lowest BCUT2D eigenvalue weighted by molar-refractivity contribution is 0.364. The van der Waals surface area contributed by atoms with Crippen molar-refractivity contribution in [2.45, 2.75) is 18.6 Å². The fraction of sp³-hybridized carbons (Fsp3) is 0.267. The van der Waals surface area contributed by atoms with Crippen LogP contribution < -0.4 is 21.5 Å². The van der Waals surface area contributed by atoms with Crippen LogP contribution in [0.5, 0.6) is 5.75 Å². The number of rotatable bonds is 4. The molecule has 0 saturated heterocycles. The summed E-state index contributed by atoms with van der Waals surface area (Å²) in [6.07, 6.45) is 6.84. The Kier molecular flexibility index (Phi) is 3.31. The third-order valence-corrected chi connectivity index (χ3v) is 3.67. The van der Waals surface area contributed by atoms with Gasteiger partial charge in [-0.15, -0.1) is 0 Å². The minimum atomic E-state index is -0.846. The highest BCUT2D eigenvalue weighted by Gasteiger charge is 2.24. The molecule has 0 fully saturated rings. The van der Waals surface area contributed by atoms with E-state index in [0.717, 1.165) is 23.1 Å². The Morgan fingerprint density at radius 2 is 2.24 bits per heavy atom. The predicted octanol–water partition coefficient (Wildman–Crippen LogP) is 1.20. The Bertz CT molecular complexity index is 718. The maximum Gasteiger partial charge on any atom is 0.184 e. The number of aliphatic imine (C=N–C) groups is 1. The number of nitrogens with one attached hydrogen (secondary N) is 2. The number of benzene rings is 1. The molecule has 110 valence electrons. The minimum absolute atomic E-state index is 0.442. The van der Waals surface area contributed by atoms with Crippen LogP contribution in [-0.4, -0.2) is 23.7 Å². The summed E-state index contributed by atoms with van der Waals surface area (Å²) in [4.78, 5) is 7.52. The Hall–Kier alpha value is -2.47. The van der Waals surface area contributed by atoms with Gasteiger partial charge in [-0.2, -0.15) is 0 Å². The number of H-pyrrole nitrogens is 1. The molecule has 3 rings (SSSR count). The summed E-state index contributed by atoms with van der Waals surface area (Å²) in [7, 11) is 1.67. The SMILES string of the molecule is COc1cccc2c(CCC3(N)N=C(N)C=CN3)c[nH]c12. The molecular weight excluding hydrogens is 266 g/mol. The fourth-order valence-electron chi connectivity index (χ4n) is 2.59. The van der Waals surface area contributed by atoms with Gasteiger partial charge < -0.3 is 20.8 Å². The van der Waals surface area contributed by atoms with Gasteiger partial charge in [0.05, 0.1) is 12.6 Å². The third kappa shape index (κ3) is 2.57. The number of aryl methyl sites for hydroxylation is 1. The van der Waals surface area contributed by atoms with Crippen LogP contribution in [0.15, 0.2) is 41.7 Å². The van der Waals surface area contributed by atoms with Gasteiger partial charge in [-0.05, 0) is 24.1 Å². The van der Waals surface area contributed by atoms with Crippen LogP contribution in [0.3, 0.4) is 0 Å². The molecule has 0 saturated carbocycles. The quantitative estimate of drug-likeness (QED) is 0.678. The molecule has 0 spiro atoms. The largest absolute Gasteiger partial charge is 0.495 e. The monoisotopic (exact) mass is 285 g/mol. The molecule has 1 atom stereocenters. The van der Waals surface area contributed by atoms with E-state index < -0.39 is 5.79 Å². The number of aromatic nitrogens is 1. The number of aromatic amines is 1. The second-order valence-corrected chi connectivity index (χ2v) is 5.14. The number of hydrogen-bond donors (Lipinski definition) is 4. The Morgan fingerprint density at radius 1 is 1.38 bits per heavy atom. The van der Waals surface area contributed by atoms with Gasteiger partial charge in [-0.1, -0.05) is 12.1 Å². The van der Waals surface area contributed by atoms with E-state index >= 15 is 0 Å². The number of ether oxygens (including phenoxy) is 1. The highest BCUT2D eigenvalue weighted by molar-refractivity contribution is 5.92. The number of fused-ring (bicyclic) bond motifs is 1. The van der Waals surface area contributed by atoms with Gasteiger partial charge in [0, 0.05) is 24.2 Å². The predicted molar refractivity (Wildman–Crippen MR) is 84.0 cm³/mol. The van der Waals surface area contributed by atoms with Crippen LogP contribution in [0.1, 0.15) is 12.0 Å². The van der Waals surface area contributed by atoms with Gasteiger partial charge in [-0.3, -0.25) is 5.73 Å². The van der Waals surface area contributed by atoms with E-state index in [1.807, 2.05) is 18.3 Å². The highest BCUT2D eigenvalue weighted by atomic mass is 16.5. The average molecular weight is 285 g/mol.